The molecule has 215 valence electrons. The van der Waals surface area contributed by atoms with E-state index in [-0.39, 0.29) is 19.8 Å². The summed E-state index contributed by atoms with van der Waals surface area (Å²) >= 11 is 0. The standard InChI is InChI=1S/2C11H13N3.C11H9N2.Os/c2*1-8-9(2)13-14(10(8)3)11-6-4-5-7-12-11;12-10-5-3-4-9(8-10)11-6-1-2-7-13-11;/h2*4-7H,1-3H3;1-3,5-8H,12H2;/q;;-1;+1. The van der Waals surface area contributed by atoms with Crippen molar-refractivity contribution in [3.63, 3.8) is 0 Å². The number of nitrogens with two attached hydrogens (primary N) is 1. The van der Waals surface area contributed by atoms with Crippen LogP contribution in [-0.4, -0.2) is 34.5 Å². The fourth-order valence-electron chi connectivity index (χ4n) is 4.00. The number of anilines is 1. The van der Waals surface area contributed by atoms with E-state index in [0.717, 1.165) is 51.4 Å². The minimum Gasteiger partial charge on any atom is -0.414 e. The number of aromatic nitrogens is 7. The van der Waals surface area contributed by atoms with Gasteiger partial charge in [-0.05, 0) is 88.7 Å². The molecule has 0 aliphatic heterocycles. The number of rotatable bonds is 3. The molecule has 0 bridgehead atoms. The normalized spacial score (nSPS) is 10.0. The molecule has 0 aliphatic rings. The Morgan fingerprint density at radius 1 is 0.619 bits per heavy atom. The number of benzene rings is 1. The number of nitrogens with zero attached hydrogens (tertiary/aromatic N) is 7. The van der Waals surface area contributed by atoms with Crippen molar-refractivity contribution < 1.29 is 19.8 Å². The number of pyridine rings is 3. The third kappa shape index (κ3) is 7.83. The molecule has 0 atom stereocenters. The van der Waals surface area contributed by atoms with Gasteiger partial charge in [0.25, 0.3) is 0 Å². The molecular formula is C33H35N8Os. The maximum atomic E-state index is 5.65. The quantitative estimate of drug-likeness (QED) is 0.165. The van der Waals surface area contributed by atoms with Gasteiger partial charge < -0.3 is 10.7 Å². The van der Waals surface area contributed by atoms with Gasteiger partial charge >= 0.3 is 19.8 Å². The first-order chi connectivity index (χ1) is 19.8. The van der Waals surface area contributed by atoms with E-state index >= 15 is 0 Å². The summed E-state index contributed by atoms with van der Waals surface area (Å²) in [5, 5.41) is 8.87. The Morgan fingerprint density at radius 2 is 1.10 bits per heavy atom. The zero-order valence-electron chi connectivity index (χ0n) is 24.7. The Hall–Kier alpha value is -4.47. The molecule has 8 nitrogen and oxygen atoms in total. The van der Waals surface area contributed by atoms with Gasteiger partial charge in [-0.2, -0.15) is 10.2 Å². The molecule has 6 aromatic rings. The summed E-state index contributed by atoms with van der Waals surface area (Å²) in [7, 11) is 0. The summed E-state index contributed by atoms with van der Waals surface area (Å²) in [5.41, 5.74) is 15.1. The van der Waals surface area contributed by atoms with E-state index in [4.69, 9.17) is 5.73 Å². The maximum Gasteiger partial charge on any atom is 1.00 e. The predicted molar refractivity (Wildman–Crippen MR) is 164 cm³/mol. The van der Waals surface area contributed by atoms with E-state index in [1.54, 1.807) is 24.7 Å². The third-order valence-corrected chi connectivity index (χ3v) is 6.81. The molecule has 0 saturated carbocycles. The van der Waals surface area contributed by atoms with Crippen LogP contribution >= 0.6 is 0 Å². The van der Waals surface area contributed by atoms with Gasteiger partial charge in [-0.25, -0.2) is 19.3 Å². The molecule has 5 heterocycles. The zero-order chi connectivity index (χ0) is 29.4. The van der Waals surface area contributed by atoms with Crippen molar-refractivity contribution in [1.82, 2.24) is 34.5 Å². The van der Waals surface area contributed by atoms with Gasteiger partial charge in [0, 0.05) is 30.0 Å². The average molecular weight is 734 g/mol. The monoisotopic (exact) mass is 735 g/mol. The minimum atomic E-state index is 0. The number of hydrogen-bond donors (Lipinski definition) is 1. The fraction of sp³-hybridized carbons (Fsp3) is 0.182. The molecule has 0 saturated heterocycles. The molecular weight excluding hydrogens is 699 g/mol. The van der Waals surface area contributed by atoms with Gasteiger partial charge in [0.05, 0.1) is 11.4 Å². The van der Waals surface area contributed by atoms with Crippen LogP contribution in [0.15, 0.2) is 91.4 Å². The summed E-state index contributed by atoms with van der Waals surface area (Å²) < 4.78 is 3.76. The van der Waals surface area contributed by atoms with Crippen LogP contribution in [-0.2, 0) is 19.8 Å². The molecule has 1 aromatic carbocycles. The van der Waals surface area contributed by atoms with Gasteiger partial charge in [-0.15, -0.1) is 29.8 Å². The summed E-state index contributed by atoms with van der Waals surface area (Å²) in [5.74, 6) is 1.75. The molecule has 5 aromatic heterocycles. The molecule has 0 spiro atoms. The fourth-order valence-corrected chi connectivity index (χ4v) is 4.00. The van der Waals surface area contributed by atoms with E-state index in [2.05, 4.69) is 58.9 Å². The van der Waals surface area contributed by atoms with Crippen molar-refractivity contribution in [2.45, 2.75) is 41.5 Å². The SMILES string of the molecule is Cc1nn(-c2ccccn2)c(C)c1C.Cc1nn(-c2ccccn2)c(C)c1C.Nc1cc[c-]c(-c2ccccn2)c1.[Os+]. The Labute approximate surface area is 260 Å². The molecule has 0 fully saturated rings. The van der Waals surface area contributed by atoms with E-state index < -0.39 is 0 Å². The molecule has 0 unspecified atom stereocenters. The molecule has 9 heteroatoms. The Bertz CT molecular complexity index is 1610. The van der Waals surface area contributed by atoms with Crippen molar-refractivity contribution in [1.29, 1.82) is 0 Å². The predicted octanol–water partition coefficient (Wildman–Crippen LogP) is 6.51. The molecule has 2 N–H and O–H groups in total. The van der Waals surface area contributed by atoms with Crippen molar-refractivity contribution in [2.75, 3.05) is 5.73 Å². The second kappa shape index (κ2) is 15.0. The number of aryl methyl sites for hydroxylation is 2. The first-order valence-electron chi connectivity index (χ1n) is 13.3. The van der Waals surface area contributed by atoms with Crippen LogP contribution in [0.2, 0.25) is 0 Å². The van der Waals surface area contributed by atoms with E-state index in [0.29, 0.717) is 0 Å². The van der Waals surface area contributed by atoms with Crippen molar-refractivity contribution in [3.05, 3.63) is 131 Å². The van der Waals surface area contributed by atoms with Crippen LogP contribution in [0.3, 0.4) is 0 Å². The van der Waals surface area contributed by atoms with Gasteiger partial charge in [0.2, 0.25) is 0 Å². The molecule has 6 rings (SSSR count). The van der Waals surface area contributed by atoms with Gasteiger partial charge in [-0.1, -0.05) is 30.0 Å². The summed E-state index contributed by atoms with van der Waals surface area (Å²) in [6, 6.07) is 26.0. The van der Waals surface area contributed by atoms with Gasteiger partial charge in [0.15, 0.2) is 11.6 Å². The smallest absolute Gasteiger partial charge is 0.414 e. The van der Waals surface area contributed by atoms with Crippen LogP contribution in [0.5, 0.6) is 0 Å². The molecule has 1 radical (unpaired) electrons. The number of nitrogen functional groups attached to an aromatic ring is 1. The molecule has 0 aliphatic carbocycles. The van der Waals surface area contributed by atoms with E-state index in [9.17, 15) is 0 Å². The van der Waals surface area contributed by atoms with Crippen LogP contribution in [0.4, 0.5) is 5.69 Å². The van der Waals surface area contributed by atoms with Crippen molar-refractivity contribution in [3.8, 4) is 22.9 Å². The van der Waals surface area contributed by atoms with Crippen LogP contribution < -0.4 is 5.73 Å². The minimum absolute atomic E-state index is 0. The largest absolute Gasteiger partial charge is 1.00 e. The van der Waals surface area contributed by atoms with Crippen LogP contribution in [0, 0.1) is 47.6 Å². The first-order valence-corrected chi connectivity index (χ1v) is 13.3. The zero-order valence-corrected chi connectivity index (χ0v) is 27.3. The summed E-state index contributed by atoms with van der Waals surface area (Å²) in [6.45, 7) is 12.3. The second-order valence-corrected chi connectivity index (χ2v) is 9.54. The van der Waals surface area contributed by atoms with Crippen LogP contribution in [0.1, 0.15) is 33.9 Å². The van der Waals surface area contributed by atoms with Crippen LogP contribution in [0.25, 0.3) is 22.9 Å². The summed E-state index contributed by atoms with van der Waals surface area (Å²) in [6.07, 6.45) is 5.31. The van der Waals surface area contributed by atoms with Crippen molar-refractivity contribution >= 4 is 5.69 Å². The van der Waals surface area contributed by atoms with Crippen molar-refractivity contribution in [2.24, 2.45) is 0 Å². The van der Waals surface area contributed by atoms with Gasteiger partial charge in [0.1, 0.15) is 0 Å². The second-order valence-electron chi connectivity index (χ2n) is 9.54. The van der Waals surface area contributed by atoms with Gasteiger partial charge in [-0.3, -0.25) is 0 Å². The molecule has 0 amide bonds. The average Bonchev–Trinajstić information content (AvgIpc) is 3.43. The third-order valence-electron chi connectivity index (χ3n) is 6.81. The maximum absolute atomic E-state index is 5.65. The number of hydrogen-bond acceptors (Lipinski definition) is 6. The first kappa shape index (κ1) is 32.0. The Kier molecular flexibility index (Phi) is 11.4. The van der Waals surface area contributed by atoms with E-state index in [1.165, 1.54) is 11.1 Å². The summed E-state index contributed by atoms with van der Waals surface area (Å²) in [4.78, 5) is 12.7. The molecule has 42 heavy (non-hydrogen) atoms. The van der Waals surface area contributed by atoms with E-state index in [1.807, 2.05) is 89.9 Å². The topological polar surface area (TPSA) is 100 Å². The Balaban J connectivity index is 0.000000171. The Morgan fingerprint density at radius 3 is 1.45 bits per heavy atom.